The fourth-order valence-corrected chi connectivity index (χ4v) is 4.43. The maximum atomic E-state index is 15.1. The molecule has 1 unspecified atom stereocenters. The first-order valence-electron chi connectivity index (χ1n) is 12.8. The van der Waals surface area contributed by atoms with E-state index in [-0.39, 0.29) is 11.7 Å². The SMILES string of the molecule is CCCCOc1ccc(C(=O)N(C)c2ccc(N3CCC(NCCCn4ccnc4)C3)c(F)c2)cc1. The van der Waals surface area contributed by atoms with E-state index in [0.29, 0.717) is 29.6 Å². The molecule has 1 amide bonds. The van der Waals surface area contributed by atoms with Crippen LogP contribution in [0.15, 0.2) is 61.2 Å². The molecule has 3 aromatic rings. The number of ether oxygens (including phenoxy) is 1. The summed E-state index contributed by atoms with van der Waals surface area (Å²) >= 11 is 0. The molecule has 1 saturated heterocycles. The number of amides is 1. The monoisotopic (exact) mass is 493 g/mol. The number of nitrogens with one attached hydrogen (secondary N) is 1. The first-order valence-corrected chi connectivity index (χ1v) is 12.8. The number of anilines is 2. The number of halogens is 1. The molecule has 1 aromatic heterocycles. The zero-order chi connectivity index (χ0) is 25.3. The smallest absolute Gasteiger partial charge is 0.258 e. The summed E-state index contributed by atoms with van der Waals surface area (Å²) < 4.78 is 22.8. The molecule has 8 heteroatoms. The number of imidazole rings is 1. The van der Waals surface area contributed by atoms with Gasteiger partial charge >= 0.3 is 0 Å². The van der Waals surface area contributed by atoms with Crippen LogP contribution in [0.1, 0.15) is 43.0 Å². The van der Waals surface area contributed by atoms with E-state index < -0.39 is 0 Å². The Morgan fingerprint density at radius 2 is 2.06 bits per heavy atom. The van der Waals surface area contributed by atoms with Crippen LogP contribution in [0.3, 0.4) is 0 Å². The second-order valence-electron chi connectivity index (χ2n) is 9.27. The van der Waals surface area contributed by atoms with Crippen molar-refractivity contribution >= 4 is 17.3 Å². The maximum Gasteiger partial charge on any atom is 0.258 e. The lowest BCUT2D eigenvalue weighted by molar-refractivity contribution is 0.0993. The summed E-state index contributed by atoms with van der Waals surface area (Å²) in [4.78, 5) is 20.6. The number of aryl methyl sites for hydroxylation is 1. The number of aromatic nitrogens is 2. The second-order valence-corrected chi connectivity index (χ2v) is 9.27. The van der Waals surface area contributed by atoms with E-state index in [0.717, 1.165) is 57.6 Å². The van der Waals surface area contributed by atoms with Crippen LogP contribution < -0.4 is 19.9 Å². The van der Waals surface area contributed by atoms with E-state index in [2.05, 4.69) is 26.7 Å². The van der Waals surface area contributed by atoms with Crippen LogP contribution in [0.2, 0.25) is 0 Å². The highest BCUT2D eigenvalue weighted by atomic mass is 19.1. The first-order chi connectivity index (χ1) is 17.5. The van der Waals surface area contributed by atoms with E-state index in [1.807, 2.05) is 18.6 Å². The van der Waals surface area contributed by atoms with Gasteiger partial charge in [0.15, 0.2) is 0 Å². The lowest BCUT2D eigenvalue weighted by Gasteiger charge is -2.22. The van der Waals surface area contributed by atoms with Gasteiger partial charge in [-0.1, -0.05) is 13.3 Å². The largest absolute Gasteiger partial charge is 0.494 e. The van der Waals surface area contributed by atoms with Gasteiger partial charge in [0, 0.05) is 56.4 Å². The molecule has 1 aliphatic heterocycles. The summed E-state index contributed by atoms with van der Waals surface area (Å²) in [6, 6.07) is 12.5. The molecule has 0 spiro atoms. The molecule has 1 atom stereocenters. The molecule has 2 aromatic carbocycles. The quantitative estimate of drug-likeness (QED) is 0.370. The number of carbonyl (C=O) groups excluding carboxylic acids is 1. The molecular formula is C28H36FN5O2. The van der Waals surface area contributed by atoms with Crippen molar-refractivity contribution in [2.75, 3.05) is 43.1 Å². The van der Waals surface area contributed by atoms with Gasteiger partial charge in [0.2, 0.25) is 0 Å². The third kappa shape index (κ3) is 6.63. The van der Waals surface area contributed by atoms with Crippen molar-refractivity contribution in [2.24, 2.45) is 0 Å². The van der Waals surface area contributed by atoms with Gasteiger partial charge in [0.05, 0.1) is 18.6 Å². The molecule has 4 rings (SSSR count). The fraction of sp³-hybridized carbons (Fsp3) is 0.429. The van der Waals surface area contributed by atoms with Crippen molar-refractivity contribution in [3.63, 3.8) is 0 Å². The Bertz CT molecular complexity index is 1100. The Morgan fingerprint density at radius 3 is 2.78 bits per heavy atom. The standard InChI is InChI=1S/C28H36FN5O2/c1-3-4-18-36-25-9-6-22(7-10-25)28(35)32(2)24-8-11-27(26(29)19-24)34-16-12-23(20-34)31-13-5-15-33-17-14-30-21-33/h6-11,14,17,19,21,23,31H,3-5,12-13,15-16,18,20H2,1-2H3. The Balaban J connectivity index is 1.29. The first kappa shape index (κ1) is 25.7. The zero-order valence-electron chi connectivity index (χ0n) is 21.2. The van der Waals surface area contributed by atoms with Crippen LogP contribution >= 0.6 is 0 Å². The average Bonchev–Trinajstić information content (AvgIpc) is 3.59. The number of rotatable bonds is 12. The summed E-state index contributed by atoms with van der Waals surface area (Å²) in [5, 5.41) is 3.58. The summed E-state index contributed by atoms with van der Waals surface area (Å²) in [5.74, 6) is 0.241. The Labute approximate surface area is 212 Å². The van der Waals surface area contributed by atoms with E-state index in [4.69, 9.17) is 4.74 Å². The Morgan fingerprint density at radius 1 is 1.22 bits per heavy atom. The van der Waals surface area contributed by atoms with Crippen LogP contribution in [0.25, 0.3) is 0 Å². The average molecular weight is 494 g/mol. The number of hydrogen-bond donors (Lipinski definition) is 1. The van der Waals surface area contributed by atoms with Gasteiger partial charge in [-0.2, -0.15) is 0 Å². The predicted molar refractivity (Wildman–Crippen MR) is 141 cm³/mol. The predicted octanol–water partition coefficient (Wildman–Crippen LogP) is 4.74. The minimum Gasteiger partial charge on any atom is -0.494 e. The van der Waals surface area contributed by atoms with E-state index in [1.54, 1.807) is 43.6 Å². The lowest BCUT2D eigenvalue weighted by atomic mass is 10.1. The van der Waals surface area contributed by atoms with Gasteiger partial charge in [-0.15, -0.1) is 0 Å². The molecule has 0 radical (unpaired) electrons. The number of carbonyl (C=O) groups is 1. The van der Waals surface area contributed by atoms with Gasteiger partial charge in [-0.3, -0.25) is 4.79 Å². The lowest BCUT2D eigenvalue weighted by Crippen LogP contribution is -2.33. The summed E-state index contributed by atoms with van der Waals surface area (Å²) in [6.07, 6.45) is 9.64. The number of nitrogens with zero attached hydrogens (tertiary/aromatic N) is 4. The van der Waals surface area contributed by atoms with Gasteiger partial charge in [-0.05, 0) is 68.3 Å². The second kappa shape index (κ2) is 12.5. The molecule has 192 valence electrons. The van der Waals surface area contributed by atoms with Crippen LogP contribution in [-0.2, 0) is 6.54 Å². The van der Waals surface area contributed by atoms with Crippen molar-refractivity contribution in [3.8, 4) is 5.75 Å². The van der Waals surface area contributed by atoms with Crippen molar-refractivity contribution in [2.45, 2.75) is 45.2 Å². The van der Waals surface area contributed by atoms with Crippen molar-refractivity contribution in [1.82, 2.24) is 14.9 Å². The third-order valence-electron chi connectivity index (χ3n) is 6.61. The van der Waals surface area contributed by atoms with Crippen LogP contribution in [0.5, 0.6) is 5.75 Å². The molecule has 0 bridgehead atoms. The number of benzene rings is 2. The highest BCUT2D eigenvalue weighted by Crippen LogP contribution is 2.28. The minimum atomic E-state index is -0.312. The Hall–Kier alpha value is -3.39. The molecule has 0 aliphatic carbocycles. The van der Waals surface area contributed by atoms with E-state index >= 15 is 4.39 Å². The highest BCUT2D eigenvalue weighted by Gasteiger charge is 2.25. The van der Waals surface area contributed by atoms with Crippen LogP contribution in [0, 0.1) is 5.82 Å². The van der Waals surface area contributed by atoms with E-state index in [9.17, 15) is 4.79 Å². The van der Waals surface area contributed by atoms with Crippen molar-refractivity contribution in [1.29, 1.82) is 0 Å². The summed E-state index contributed by atoms with van der Waals surface area (Å²) in [5.41, 5.74) is 1.64. The van der Waals surface area contributed by atoms with Crippen LogP contribution in [-0.4, -0.2) is 54.8 Å². The summed E-state index contributed by atoms with van der Waals surface area (Å²) in [6.45, 7) is 6.19. The maximum absolute atomic E-state index is 15.1. The third-order valence-corrected chi connectivity index (χ3v) is 6.61. The number of unbranched alkanes of at least 4 members (excludes halogenated alkanes) is 1. The minimum absolute atomic E-state index is 0.191. The Kier molecular flexibility index (Phi) is 8.95. The van der Waals surface area contributed by atoms with Crippen molar-refractivity contribution < 1.29 is 13.9 Å². The van der Waals surface area contributed by atoms with Gasteiger partial charge < -0.3 is 24.4 Å². The highest BCUT2D eigenvalue weighted by molar-refractivity contribution is 6.05. The molecule has 0 saturated carbocycles. The molecule has 1 aliphatic rings. The van der Waals surface area contributed by atoms with E-state index in [1.165, 1.54) is 11.0 Å². The normalized spacial score (nSPS) is 15.3. The topological polar surface area (TPSA) is 62.6 Å². The number of hydrogen-bond acceptors (Lipinski definition) is 5. The molecule has 1 fully saturated rings. The fourth-order valence-electron chi connectivity index (χ4n) is 4.43. The van der Waals surface area contributed by atoms with Crippen LogP contribution in [0.4, 0.5) is 15.8 Å². The zero-order valence-corrected chi connectivity index (χ0v) is 21.2. The van der Waals surface area contributed by atoms with Gasteiger partial charge in [-0.25, -0.2) is 9.37 Å². The molecule has 7 nitrogen and oxygen atoms in total. The molecule has 1 N–H and O–H groups in total. The molecule has 36 heavy (non-hydrogen) atoms. The van der Waals surface area contributed by atoms with Crippen molar-refractivity contribution in [3.05, 3.63) is 72.6 Å². The molecule has 2 heterocycles. The van der Waals surface area contributed by atoms with Gasteiger partial charge in [0.1, 0.15) is 11.6 Å². The summed E-state index contributed by atoms with van der Waals surface area (Å²) in [7, 11) is 1.67. The van der Waals surface area contributed by atoms with Gasteiger partial charge in [0.25, 0.3) is 5.91 Å². The molecular weight excluding hydrogens is 457 g/mol.